The highest BCUT2D eigenvalue weighted by Crippen LogP contribution is 2.06. The molecule has 80 valence electrons. The Balaban J connectivity index is 2.35. The zero-order chi connectivity index (χ0) is 11.1. The van der Waals surface area contributed by atoms with E-state index in [9.17, 15) is 0 Å². The van der Waals surface area contributed by atoms with Crippen LogP contribution in [0.15, 0.2) is 25.0 Å². The van der Waals surface area contributed by atoms with Crippen molar-refractivity contribution < 1.29 is 0 Å². The fraction of sp³-hybridized carbons (Fsp3) is 0.111. The highest BCUT2D eigenvalue weighted by atomic mass is 15.2. The molecule has 7 nitrogen and oxygen atoms in total. The van der Waals surface area contributed by atoms with Gasteiger partial charge in [-0.1, -0.05) is 0 Å². The van der Waals surface area contributed by atoms with E-state index in [0.717, 1.165) is 11.3 Å². The van der Waals surface area contributed by atoms with Crippen molar-refractivity contribution in [3.63, 3.8) is 0 Å². The molecule has 0 aromatic carbocycles. The number of hydrogen-bond donors (Lipinski definition) is 2. The number of rotatable bonds is 1. The lowest BCUT2D eigenvalue weighted by Crippen LogP contribution is -2.22. The van der Waals surface area contributed by atoms with Gasteiger partial charge in [-0.25, -0.2) is 9.97 Å². The van der Waals surface area contributed by atoms with Gasteiger partial charge < -0.3 is 9.55 Å². The number of nitrogens with zero attached hydrogens (tertiary/aromatic N) is 5. The van der Waals surface area contributed by atoms with Crippen molar-refractivity contribution in [2.45, 2.75) is 0 Å². The third-order valence-corrected chi connectivity index (χ3v) is 2.38. The smallest absolute Gasteiger partial charge is 0.229 e. The van der Waals surface area contributed by atoms with Crippen LogP contribution in [0.5, 0.6) is 0 Å². The maximum atomic E-state index is 7.82. The molecule has 0 unspecified atom stereocenters. The molecule has 3 rings (SSSR count). The molecule has 3 aromatic rings. The molecule has 0 fully saturated rings. The van der Waals surface area contributed by atoms with Gasteiger partial charge in [0.15, 0.2) is 5.65 Å². The lowest BCUT2D eigenvalue weighted by Gasteiger charge is -2.05. The zero-order valence-electron chi connectivity index (χ0n) is 8.55. The monoisotopic (exact) mass is 215 g/mol. The molecule has 0 aliphatic carbocycles. The van der Waals surface area contributed by atoms with Crippen LogP contribution in [0.4, 0.5) is 0 Å². The van der Waals surface area contributed by atoms with Crippen LogP contribution in [-0.4, -0.2) is 29.1 Å². The average molecular weight is 215 g/mol. The normalized spacial score (nSPS) is 11.1. The van der Waals surface area contributed by atoms with Crippen LogP contribution < -0.4 is 5.62 Å². The predicted molar refractivity (Wildman–Crippen MR) is 55.8 cm³/mol. The van der Waals surface area contributed by atoms with E-state index < -0.39 is 0 Å². The molecule has 0 amide bonds. The number of fused-ring (bicyclic) bond motifs is 1. The third-order valence-electron chi connectivity index (χ3n) is 2.38. The summed E-state index contributed by atoms with van der Waals surface area (Å²) in [7, 11) is 1.87. The van der Waals surface area contributed by atoms with Crippen LogP contribution in [-0.2, 0) is 7.05 Å². The molecule has 0 aliphatic rings. The molecule has 3 heterocycles. The molecular formula is C9H9N7. The van der Waals surface area contributed by atoms with Gasteiger partial charge in [0.05, 0.1) is 18.9 Å². The second kappa shape index (κ2) is 3.02. The first-order chi connectivity index (χ1) is 7.75. The molecule has 0 saturated carbocycles. The molecule has 7 heteroatoms. The predicted octanol–water partition coefficient (Wildman–Crippen LogP) is -0.0384. The van der Waals surface area contributed by atoms with E-state index in [-0.39, 0.29) is 5.62 Å². The maximum Gasteiger partial charge on any atom is 0.229 e. The molecule has 0 atom stereocenters. The van der Waals surface area contributed by atoms with Gasteiger partial charge in [0.25, 0.3) is 0 Å². The topological polar surface area (TPSA) is 88.2 Å². The van der Waals surface area contributed by atoms with Crippen molar-refractivity contribution in [1.29, 1.82) is 5.41 Å². The average Bonchev–Trinajstić information content (AvgIpc) is 2.85. The number of nitrogens with one attached hydrogen (secondary N) is 2. The number of aromatic amines is 1. The largest absolute Gasteiger partial charge is 0.342 e. The second-order valence-corrected chi connectivity index (χ2v) is 3.44. The Kier molecular flexibility index (Phi) is 1.67. The van der Waals surface area contributed by atoms with Gasteiger partial charge in [-0.2, -0.15) is 4.98 Å². The highest BCUT2D eigenvalue weighted by molar-refractivity contribution is 5.68. The minimum Gasteiger partial charge on any atom is -0.342 e. The number of H-pyrrole nitrogens is 1. The number of aromatic nitrogens is 6. The minimum absolute atomic E-state index is 0.128. The Morgan fingerprint density at radius 2 is 2.31 bits per heavy atom. The Morgan fingerprint density at radius 3 is 3.06 bits per heavy atom. The van der Waals surface area contributed by atoms with Crippen molar-refractivity contribution in [2.75, 3.05) is 0 Å². The first kappa shape index (κ1) is 8.84. The Hall–Kier alpha value is -2.44. The number of aryl methyl sites for hydroxylation is 1. The Labute approximate surface area is 89.9 Å². The van der Waals surface area contributed by atoms with Crippen LogP contribution >= 0.6 is 0 Å². The maximum absolute atomic E-state index is 7.82. The Bertz CT molecular complexity index is 702. The molecule has 0 radical (unpaired) electrons. The van der Waals surface area contributed by atoms with Gasteiger partial charge in [-0.15, -0.1) is 0 Å². The summed E-state index contributed by atoms with van der Waals surface area (Å²) in [4.78, 5) is 15.1. The standard InChI is InChI=1S/C9H9N7/c1-15-5-11-2-7(15)16-3-6-8(13-4-12-6)14-9(16)10/h2-5H,1H3,(H2,10,12,13,14). The molecular weight excluding hydrogens is 206 g/mol. The molecule has 0 bridgehead atoms. The van der Waals surface area contributed by atoms with Gasteiger partial charge in [-0.3, -0.25) is 9.98 Å². The van der Waals surface area contributed by atoms with E-state index in [1.807, 2.05) is 11.6 Å². The second-order valence-electron chi connectivity index (χ2n) is 3.44. The van der Waals surface area contributed by atoms with E-state index >= 15 is 0 Å². The highest BCUT2D eigenvalue weighted by Gasteiger charge is 2.05. The number of imidazole rings is 2. The fourth-order valence-corrected chi connectivity index (χ4v) is 1.58. The minimum atomic E-state index is 0.128. The van der Waals surface area contributed by atoms with Crippen LogP contribution in [0.1, 0.15) is 0 Å². The lowest BCUT2D eigenvalue weighted by molar-refractivity contribution is 0.777. The van der Waals surface area contributed by atoms with E-state index in [2.05, 4.69) is 19.9 Å². The van der Waals surface area contributed by atoms with Crippen LogP contribution in [0.2, 0.25) is 0 Å². The van der Waals surface area contributed by atoms with Crippen molar-refractivity contribution >= 4 is 11.2 Å². The summed E-state index contributed by atoms with van der Waals surface area (Å²) in [5, 5.41) is 7.82. The molecule has 0 spiro atoms. The van der Waals surface area contributed by atoms with E-state index in [0.29, 0.717) is 5.65 Å². The van der Waals surface area contributed by atoms with Crippen molar-refractivity contribution in [3.8, 4) is 5.82 Å². The first-order valence-corrected chi connectivity index (χ1v) is 4.70. The summed E-state index contributed by atoms with van der Waals surface area (Å²) >= 11 is 0. The SMILES string of the molecule is Cn1cncc1-n1cc2[nH]cnc2nc1=N. The molecule has 16 heavy (non-hydrogen) atoms. The first-order valence-electron chi connectivity index (χ1n) is 4.70. The summed E-state index contributed by atoms with van der Waals surface area (Å²) in [6.45, 7) is 0. The van der Waals surface area contributed by atoms with E-state index in [1.54, 1.807) is 29.6 Å². The van der Waals surface area contributed by atoms with E-state index in [1.165, 1.54) is 0 Å². The molecule has 2 N–H and O–H groups in total. The van der Waals surface area contributed by atoms with Crippen molar-refractivity contribution in [2.24, 2.45) is 7.05 Å². The summed E-state index contributed by atoms with van der Waals surface area (Å²) in [5.41, 5.74) is 1.46. The van der Waals surface area contributed by atoms with Gasteiger partial charge >= 0.3 is 0 Å². The third kappa shape index (κ3) is 1.14. The summed E-state index contributed by atoms with van der Waals surface area (Å²) < 4.78 is 3.47. The molecule has 0 saturated heterocycles. The molecule has 0 aliphatic heterocycles. The zero-order valence-corrected chi connectivity index (χ0v) is 8.55. The molecule has 3 aromatic heterocycles. The van der Waals surface area contributed by atoms with Gasteiger partial charge in [0, 0.05) is 13.2 Å². The number of hydrogen-bond acceptors (Lipinski definition) is 4. The van der Waals surface area contributed by atoms with Crippen LogP contribution in [0.25, 0.3) is 17.0 Å². The quantitative estimate of drug-likeness (QED) is 0.597. The fourth-order valence-electron chi connectivity index (χ4n) is 1.58. The summed E-state index contributed by atoms with van der Waals surface area (Å²) in [6.07, 6.45) is 6.71. The lowest BCUT2D eigenvalue weighted by atomic mass is 10.5. The van der Waals surface area contributed by atoms with Gasteiger partial charge in [-0.05, 0) is 0 Å². The van der Waals surface area contributed by atoms with Crippen molar-refractivity contribution in [1.82, 2.24) is 29.1 Å². The summed E-state index contributed by atoms with van der Waals surface area (Å²) in [5.74, 6) is 0.786. The van der Waals surface area contributed by atoms with Crippen LogP contribution in [0, 0.1) is 5.41 Å². The van der Waals surface area contributed by atoms with Gasteiger partial charge in [0.2, 0.25) is 5.62 Å². The van der Waals surface area contributed by atoms with Crippen LogP contribution in [0.3, 0.4) is 0 Å². The van der Waals surface area contributed by atoms with E-state index in [4.69, 9.17) is 5.41 Å². The summed E-state index contributed by atoms with van der Waals surface area (Å²) in [6, 6.07) is 0. The van der Waals surface area contributed by atoms with Gasteiger partial charge in [0.1, 0.15) is 11.3 Å². The van der Waals surface area contributed by atoms with Crippen molar-refractivity contribution in [3.05, 3.63) is 30.7 Å². The Morgan fingerprint density at radius 1 is 1.44 bits per heavy atom.